The van der Waals surface area contributed by atoms with Gasteiger partial charge in [-0.05, 0) is 26.8 Å². The summed E-state index contributed by atoms with van der Waals surface area (Å²) in [6, 6.07) is 9.39. The van der Waals surface area contributed by atoms with E-state index >= 15 is 0 Å². The molecule has 0 aliphatic rings. The van der Waals surface area contributed by atoms with Crippen molar-refractivity contribution in [1.29, 1.82) is 0 Å². The minimum Gasteiger partial charge on any atom is -0.496 e. The molecule has 8 heteroatoms. The number of methoxy groups -OCH3 is 1. The third-order valence-electron chi connectivity index (χ3n) is 4.52. The van der Waals surface area contributed by atoms with E-state index in [1.54, 1.807) is 42.6 Å². The molecule has 0 saturated carbocycles. The minimum atomic E-state index is -0.248. The second-order valence-corrected chi connectivity index (χ2v) is 6.49. The second kappa shape index (κ2) is 8.08. The number of ketones is 1. The number of nitrogens with one attached hydrogen (secondary N) is 1. The van der Waals surface area contributed by atoms with Crippen LogP contribution in [-0.4, -0.2) is 38.4 Å². The van der Waals surface area contributed by atoms with Crippen LogP contribution in [0.3, 0.4) is 0 Å². The van der Waals surface area contributed by atoms with Gasteiger partial charge in [0.05, 0.1) is 31.1 Å². The summed E-state index contributed by atoms with van der Waals surface area (Å²) >= 11 is 0. The summed E-state index contributed by atoms with van der Waals surface area (Å²) in [7, 11) is 1.62. The minimum absolute atomic E-state index is 0.0137. The Hall–Kier alpha value is -3.42. The first-order valence-corrected chi connectivity index (χ1v) is 8.89. The van der Waals surface area contributed by atoms with Gasteiger partial charge in [0, 0.05) is 17.3 Å². The van der Waals surface area contributed by atoms with E-state index < -0.39 is 0 Å². The fraction of sp³-hybridized carbons (Fsp3) is 0.300. The van der Waals surface area contributed by atoms with E-state index in [0.29, 0.717) is 29.3 Å². The number of aryl methyl sites for hydroxylation is 1. The lowest BCUT2D eigenvalue weighted by atomic mass is 10.1. The smallest absolute Gasteiger partial charge is 0.247 e. The first-order chi connectivity index (χ1) is 13.4. The zero-order chi connectivity index (χ0) is 20.3. The van der Waals surface area contributed by atoms with Gasteiger partial charge < -0.3 is 10.1 Å². The number of hydrogen-bond donors (Lipinski definition) is 1. The van der Waals surface area contributed by atoms with Crippen LogP contribution >= 0.6 is 0 Å². The fourth-order valence-corrected chi connectivity index (χ4v) is 3.24. The van der Waals surface area contributed by atoms with Crippen molar-refractivity contribution in [2.45, 2.75) is 33.9 Å². The molecule has 1 aromatic carbocycles. The highest BCUT2D eigenvalue weighted by molar-refractivity contribution is 5.96. The first-order valence-electron chi connectivity index (χ1n) is 8.89. The average molecular weight is 381 g/mol. The average Bonchev–Trinajstić information content (AvgIpc) is 3.19. The molecule has 3 aromatic rings. The number of benzene rings is 1. The lowest BCUT2D eigenvalue weighted by Crippen LogP contribution is -2.22. The van der Waals surface area contributed by atoms with Crippen LogP contribution < -0.4 is 10.1 Å². The lowest BCUT2D eigenvalue weighted by Gasteiger charge is -2.12. The number of carbonyl (C=O) groups excluding carboxylic acids is 2. The highest BCUT2D eigenvalue weighted by Gasteiger charge is 2.17. The SMILES string of the molecule is COc1ccccc1Cn1nccc1NC(=O)Cn1nc(C)c(C(C)=O)c1C. The molecule has 3 rings (SSSR count). The molecule has 0 aliphatic heterocycles. The molecule has 0 saturated heterocycles. The van der Waals surface area contributed by atoms with Crippen LogP contribution in [0.1, 0.15) is 34.2 Å². The molecule has 0 atom stereocenters. The Kier molecular flexibility index (Phi) is 5.58. The van der Waals surface area contributed by atoms with Gasteiger partial charge in [-0.15, -0.1) is 0 Å². The summed E-state index contributed by atoms with van der Waals surface area (Å²) in [5.74, 6) is 1.03. The number of amides is 1. The van der Waals surface area contributed by atoms with E-state index in [1.165, 1.54) is 6.92 Å². The Labute approximate surface area is 163 Å². The van der Waals surface area contributed by atoms with Crippen molar-refractivity contribution < 1.29 is 14.3 Å². The number of nitrogens with zero attached hydrogens (tertiary/aromatic N) is 4. The van der Waals surface area contributed by atoms with E-state index in [-0.39, 0.29) is 18.2 Å². The van der Waals surface area contributed by atoms with Gasteiger partial charge in [0.25, 0.3) is 0 Å². The number of para-hydroxylation sites is 1. The van der Waals surface area contributed by atoms with Crippen LogP contribution in [0, 0.1) is 13.8 Å². The van der Waals surface area contributed by atoms with E-state index in [9.17, 15) is 9.59 Å². The molecule has 2 aromatic heterocycles. The highest BCUT2D eigenvalue weighted by Crippen LogP contribution is 2.20. The molecule has 8 nitrogen and oxygen atoms in total. The van der Waals surface area contributed by atoms with Crippen molar-refractivity contribution in [3.05, 3.63) is 59.0 Å². The Morgan fingerprint density at radius 2 is 1.89 bits per heavy atom. The van der Waals surface area contributed by atoms with Crippen molar-refractivity contribution in [3.8, 4) is 5.75 Å². The number of Topliss-reactive ketones (excluding diaryl/α,β-unsaturated/α-hetero) is 1. The van der Waals surface area contributed by atoms with E-state index in [2.05, 4.69) is 15.5 Å². The van der Waals surface area contributed by atoms with Crippen LogP contribution in [0.5, 0.6) is 5.75 Å². The summed E-state index contributed by atoms with van der Waals surface area (Å²) in [5, 5.41) is 11.5. The largest absolute Gasteiger partial charge is 0.496 e. The van der Waals surface area contributed by atoms with Crippen molar-refractivity contribution in [2.24, 2.45) is 0 Å². The molecule has 0 aliphatic carbocycles. The predicted octanol–water partition coefficient (Wildman–Crippen LogP) is 2.59. The molecule has 0 fully saturated rings. The third kappa shape index (κ3) is 3.95. The molecule has 146 valence electrons. The van der Waals surface area contributed by atoms with Gasteiger partial charge in [0.1, 0.15) is 18.1 Å². The van der Waals surface area contributed by atoms with Gasteiger partial charge in [-0.3, -0.25) is 14.3 Å². The van der Waals surface area contributed by atoms with E-state index in [4.69, 9.17) is 4.74 Å². The lowest BCUT2D eigenvalue weighted by molar-refractivity contribution is -0.117. The number of ether oxygens (including phenoxy) is 1. The summed E-state index contributed by atoms with van der Waals surface area (Å²) < 4.78 is 8.61. The fourth-order valence-electron chi connectivity index (χ4n) is 3.24. The molecule has 0 spiro atoms. The number of carbonyl (C=O) groups is 2. The normalized spacial score (nSPS) is 10.7. The van der Waals surface area contributed by atoms with Crippen LogP contribution in [0.2, 0.25) is 0 Å². The Balaban J connectivity index is 1.73. The van der Waals surface area contributed by atoms with Gasteiger partial charge >= 0.3 is 0 Å². The summed E-state index contributed by atoms with van der Waals surface area (Å²) in [4.78, 5) is 24.3. The zero-order valence-corrected chi connectivity index (χ0v) is 16.4. The second-order valence-electron chi connectivity index (χ2n) is 6.49. The zero-order valence-electron chi connectivity index (χ0n) is 16.4. The molecule has 1 amide bonds. The van der Waals surface area contributed by atoms with E-state index in [0.717, 1.165) is 11.3 Å². The van der Waals surface area contributed by atoms with Gasteiger partial charge in [-0.2, -0.15) is 10.2 Å². The molecule has 28 heavy (non-hydrogen) atoms. The first kappa shape index (κ1) is 19.3. The number of rotatable bonds is 7. The standard InChI is InChI=1S/C20H23N5O3/c1-13-20(15(3)26)14(2)24(23-13)12-19(27)22-18-9-10-21-25(18)11-16-7-5-6-8-17(16)28-4/h5-10H,11-12H2,1-4H3,(H,22,27). The predicted molar refractivity (Wildman–Crippen MR) is 105 cm³/mol. The number of anilines is 1. The third-order valence-corrected chi connectivity index (χ3v) is 4.52. The molecule has 2 heterocycles. The molecule has 0 radical (unpaired) electrons. The van der Waals surface area contributed by atoms with Crippen LogP contribution in [-0.2, 0) is 17.9 Å². The van der Waals surface area contributed by atoms with Gasteiger partial charge in [0.2, 0.25) is 5.91 Å². The summed E-state index contributed by atoms with van der Waals surface area (Å²) in [5.41, 5.74) is 2.82. The maximum atomic E-state index is 12.5. The van der Waals surface area contributed by atoms with Crippen molar-refractivity contribution in [1.82, 2.24) is 19.6 Å². The number of hydrogen-bond acceptors (Lipinski definition) is 5. The van der Waals surface area contributed by atoms with Gasteiger partial charge in [-0.1, -0.05) is 18.2 Å². The van der Waals surface area contributed by atoms with Crippen molar-refractivity contribution >= 4 is 17.5 Å². The van der Waals surface area contributed by atoms with Gasteiger partial charge in [0.15, 0.2) is 5.78 Å². The van der Waals surface area contributed by atoms with Crippen LogP contribution in [0.4, 0.5) is 5.82 Å². The highest BCUT2D eigenvalue weighted by atomic mass is 16.5. The maximum absolute atomic E-state index is 12.5. The van der Waals surface area contributed by atoms with Crippen LogP contribution in [0.25, 0.3) is 0 Å². The topological polar surface area (TPSA) is 91.0 Å². The Bertz CT molecular complexity index is 1020. The quantitative estimate of drug-likeness (QED) is 0.635. The van der Waals surface area contributed by atoms with Crippen molar-refractivity contribution in [2.75, 3.05) is 12.4 Å². The Morgan fingerprint density at radius 3 is 2.57 bits per heavy atom. The Morgan fingerprint density at radius 1 is 1.14 bits per heavy atom. The van der Waals surface area contributed by atoms with E-state index in [1.807, 2.05) is 24.3 Å². The molecular formula is C20H23N5O3. The molecular weight excluding hydrogens is 358 g/mol. The van der Waals surface area contributed by atoms with Crippen molar-refractivity contribution in [3.63, 3.8) is 0 Å². The van der Waals surface area contributed by atoms with Crippen LogP contribution in [0.15, 0.2) is 36.5 Å². The van der Waals surface area contributed by atoms with Gasteiger partial charge in [-0.25, -0.2) is 4.68 Å². The monoisotopic (exact) mass is 381 g/mol. The maximum Gasteiger partial charge on any atom is 0.247 e. The molecule has 0 unspecified atom stereocenters. The molecule has 1 N–H and O–H groups in total. The molecule has 0 bridgehead atoms. The summed E-state index contributed by atoms with van der Waals surface area (Å²) in [6.45, 7) is 5.52. The number of aromatic nitrogens is 4. The summed E-state index contributed by atoms with van der Waals surface area (Å²) in [6.07, 6.45) is 1.63.